The van der Waals surface area contributed by atoms with E-state index in [1.807, 2.05) is 0 Å². The molecule has 0 amide bonds. The second kappa shape index (κ2) is 5.58. The van der Waals surface area contributed by atoms with E-state index in [0.29, 0.717) is 0 Å². The number of aromatic nitrogens is 2. The average Bonchev–Trinajstić information content (AvgIpc) is 2.37. The van der Waals surface area contributed by atoms with E-state index in [0.717, 1.165) is 6.07 Å². The van der Waals surface area contributed by atoms with Gasteiger partial charge in [-0.1, -0.05) is 27.5 Å². The molecule has 0 fully saturated rings. The topological polar surface area (TPSA) is 69.2 Å². The largest absolute Gasteiger partial charge is 0.534 e. The molecule has 0 aliphatic rings. The lowest BCUT2D eigenvalue weighted by atomic mass is 10.2. The first-order valence-corrected chi connectivity index (χ1v) is 8.08. The molecule has 2 aromatic rings. The fraction of sp³-hybridized carbons (Fsp3) is 0.200. The van der Waals surface area contributed by atoms with Gasteiger partial charge in [0.1, 0.15) is 10.7 Å². The van der Waals surface area contributed by atoms with E-state index >= 15 is 0 Å². The molecule has 0 atom stereocenters. The maximum absolute atomic E-state index is 12.4. The lowest BCUT2D eigenvalue weighted by Gasteiger charge is -2.11. The van der Waals surface area contributed by atoms with Crippen molar-refractivity contribution in [2.75, 3.05) is 0 Å². The standard InChI is InChI=1S/C10H5BrClF3N2O3S/c11-4-5-3-7(20-21(18,19)10(13,14)15)9-6(16-5)1-2-8(12)17-9/h1-3H,4H2. The van der Waals surface area contributed by atoms with Crippen LogP contribution in [0.5, 0.6) is 5.75 Å². The molecule has 2 aromatic heterocycles. The van der Waals surface area contributed by atoms with Crippen LogP contribution in [0.4, 0.5) is 13.2 Å². The van der Waals surface area contributed by atoms with Crippen molar-refractivity contribution in [2.24, 2.45) is 0 Å². The molecular weight excluding hydrogens is 401 g/mol. The number of hydrogen-bond acceptors (Lipinski definition) is 5. The summed E-state index contributed by atoms with van der Waals surface area (Å²) < 4.78 is 63.6. The molecule has 0 aliphatic heterocycles. The summed E-state index contributed by atoms with van der Waals surface area (Å²) in [6.45, 7) is 0. The van der Waals surface area contributed by atoms with Crippen LogP contribution in [-0.4, -0.2) is 23.9 Å². The van der Waals surface area contributed by atoms with Gasteiger partial charge in [0, 0.05) is 11.4 Å². The van der Waals surface area contributed by atoms with Gasteiger partial charge >= 0.3 is 15.6 Å². The van der Waals surface area contributed by atoms with Gasteiger partial charge in [-0.25, -0.2) is 4.98 Å². The zero-order chi connectivity index (χ0) is 15.8. The van der Waals surface area contributed by atoms with Crippen molar-refractivity contribution < 1.29 is 25.8 Å². The molecule has 2 heterocycles. The van der Waals surface area contributed by atoms with E-state index < -0.39 is 21.4 Å². The van der Waals surface area contributed by atoms with E-state index in [4.69, 9.17) is 11.6 Å². The third-order valence-electron chi connectivity index (χ3n) is 2.25. The van der Waals surface area contributed by atoms with Crippen molar-refractivity contribution in [1.82, 2.24) is 9.97 Å². The third-order valence-corrected chi connectivity index (χ3v) is 4.01. The Hall–Kier alpha value is -1.13. The molecule has 2 rings (SSSR count). The molecule has 0 aliphatic carbocycles. The summed E-state index contributed by atoms with van der Waals surface area (Å²) in [6, 6.07) is 3.81. The summed E-state index contributed by atoms with van der Waals surface area (Å²) in [4.78, 5) is 7.81. The van der Waals surface area contributed by atoms with E-state index in [1.165, 1.54) is 12.1 Å². The number of hydrogen-bond donors (Lipinski definition) is 0. The Kier molecular flexibility index (Phi) is 4.31. The molecule has 0 bridgehead atoms. The highest BCUT2D eigenvalue weighted by Gasteiger charge is 2.48. The van der Waals surface area contributed by atoms with Crippen LogP contribution in [0.15, 0.2) is 18.2 Å². The first-order valence-electron chi connectivity index (χ1n) is 5.17. The van der Waals surface area contributed by atoms with Crippen molar-refractivity contribution in [3.8, 4) is 5.75 Å². The molecule has 0 aromatic carbocycles. The zero-order valence-electron chi connectivity index (χ0n) is 9.86. The van der Waals surface area contributed by atoms with Crippen LogP contribution in [0.3, 0.4) is 0 Å². The summed E-state index contributed by atoms with van der Waals surface area (Å²) in [6.07, 6.45) is 0. The van der Waals surface area contributed by atoms with E-state index in [1.54, 1.807) is 0 Å². The monoisotopic (exact) mass is 404 g/mol. The molecule has 5 nitrogen and oxygen atoms in total. The van der Waals surface area contributed by atoms with Gasteiger partial charge in [-0.3, -0.25) is 4.98 Å². The van der Waals surface area contributed by atoms with Crippen molar-refractivity contribution in [2.45, 2.75) is 10.8 Å². The van der Waals surface area contributed by atoms with Gasteiger partial charge in [-0.2, -0.15) is 21.6 Å². The molecule has 0 spiro atoms. The molecule has 11 heteroatoms. The summed E-state index contributed by atoms with van der Waals surface area (Å²) in [5.41, 5.74) is -5.29. The molecule has 0 saturated heterocycles. The lowest BCUT2D eigenvalue weighted by Crippen LogP contribution is -2.28. The van der Waals surface area contributed by atoms with Gasteiger partial charge in [0.25, 0.3) is 0 Å². The molecule has 0 radical (unpaired) electrons. The van der Waals surface area contributed by atoms with Crippen LogP contribution in [0.2, 0.25) is 5.15 Å². The summed E-state index contributed by atoms with van der Waals surface area (Å²) in [5, 5.41) is 0.152. The van der Waals surface area contributed by atoms with Crippen molar-refractivity contribution in [3.63, 3.8) is 0 Å². The highest BCUT2D eigenvalue weighted by molar-refractivity contribution is 9.08. The number of pyridine rings is 2. The second-order valence-electron chi connectivity index (χ2n) is 3.73. The molecule has 0 N–H and O–H groups in total. The molecule has 0 unspecified atom stereocenters. The Morgan fingerprint density at radius 3 is 2.52 bits per heavy atom. The third kappa shape index (κ3) is 3.38. The fourth-order valence-corrected chi connectivity index (χ4v) is 2.30. The van der Waals surface area contributed by atoms with E-state index in [9.17, 15) is 21.6 Å². The van der Waals surface area contributed by atoms with Gasteiger partial charge in [0.2, 0.25) is 0 Å². The van der Waals surface area contributed by atoms with E-state index in [2.05, 4.69) is 30.1 Å². The number of alkyl halides is 4. The average molecular weight is 406 g/mol. The van der Waals surface area contributed by atoms with Gasteiger partial charge < -0.3 is 4.18 Å². The molecular formula is C10H5BrClF3N2O3S. The van der Waals surface area contributed by atoms with Gasteiger partial charge in [0.15, 0.2) is 5.75 Å². The van der Waals surface area contributed by atoms with Gasteiger partial charge in [-0.05, 0) is 12.1 Å². The fourth-order valence-electron chi connectivity index (χ4n) is 1.40. The minimum atomic E-state index is -5.81. The molecule has 21 heavy (non-hydrogen) atoms. The predicted molar refractivity (Wildman–Crippen MR) is 72.8 cm³/mol. The van der Waals surface area contributed by atoms with Crippen LogP contribution >= 0.6 is 27.5 Å². The maximum Gasteiger partial charge on any atom is 0.534 e. The van der Waals surface area contributed by atoms with Crippen molar-refractivity contribution in [3.05, 3.63) is 29.0 Å². The first kappa shape index (κ1) is 16.2. The molecule has 114 valence electrons. The SMILES string of the molecule is O=S(=O)(Oc1cc(CBr)nc2ccc(Cl)nc12)C(F)(F)F. The van der Waals surface area contributed by atoms with Crippen LogP contribution in [0.1, 0.15) is 5.69 Å². The Morgan fingerprint density at radius 2 is 1.95 bits per heavy atom. The summed E-state index contributed by atoms with van der Waals surface area (Å²) in [5.74, 6) is -0.589. The quantitative estimate of drug-likeness (QED) is 0.339. The summed E-state index contributed by atoms with van der Waals surface area (Å²) >= 11 is 8.72. The van der Waals surface area contributed by atoms with Crippen LogP contribution in [0, 0.1) is 0 Å². The molecule has 0 saturated carbocycles. The predicted octanol–water partition coefficient (Wildman–Crippen LogP) is 3.41. The van der Waals surface area contributed by atoms with Crippen LogP contribution < -0.4 is 4.18 Å². The van der Waals surface area contributed by atoms with Crippen LogP contribution in [0.25, 0.3) is 11.0 Å². The van der Waals surface area contributed by atoms with Crippen LogP contribution in [-0.2, 0) is 15.4 Å². The number of rotatable bonds is 3. The van der Waals surface area contributed by atoms with Gasteiger partial charge in [0.05, 0.1) is 11.2 Å². The van der Waals surface area contributed by atoms with E-state index in [-0.39, 0.29) is 27.2 Å². The first-order chi connectivity index (χ1) is 9.64. The minimum absolute atomic E-state index is 0.0369. The Labute approximate surface area is 130 Å². The summed E-state index contributed by atoms with van der Waals surface area (Å²) in [7, 11) is -5.81. The normalized spacial score (nSPS) is 12.6. The Bertz CT molecular complexity index is 798. The lowest BCUT2D eigenvalue weighted by molar-refractivity contribution is -0.0499. The van der Waals surface area contributed by atoms with Crippen molar-refractivity contribution >= 4 is 48.7 Å². The Balaban J connectivity index is 2.64. The zero-order valence-corrected chi connectivity index (χ0v) is 13.0. The minimum Gasteiger partial charge on any atom is -0.374 e. The Morgan fingerprint density at radius 1 is 1.29 bits per heavy atom. The number of fused-ring (bicyclic) bond motifs is 1. The maximum atomic E-state index is 12.4. The highest BCUT2D eigenvalue weighted by Crippen LogP contribution is 2.31. The highest BCUT2D eigenvalue weighted by atomic mass is 79.9. The number of nitrogens with zero attached hydrogens (tertiary/aromatic N) is 2. The van der Waals surface area contributed by atoms with Crippen molar-refractivity contribution in [1.29, 1.82) is 0 Å². The second-order valence-corrected chi connectivity index (χ2v) is 6.22. The smallest absolute Gasteiger partial charge is 0.374 e. The number of halogens is 5. The van der Waals surface area contributed by atoms with Gasteiger partial charge in [-0.15, -0.1) is 0 Å².